The predicted octanol–water partition coefficient (Wildman–Crippen LogP) is 2.95. The van der Waals surface area contributed by atoms with E-state index in [1.807, 2.05) is 31.2 Å². The smallest absolute Gasteiger partial charge is 0.278 e. The molecule has 0 aliphatic heterocycles. The van der Waals surface area contributed by atoms with Gasteiger partial charge in [-0.3, -0.25) is 9.59 Å². The second-order valence-corrected chi connectivity index (χ2v) is 6.43. The number of hydrogen-bond acceptors (Lipinski definition) is 4. The maximum atomic E-state index is 13.0. The van der Waals surface area contributed by atoms with Crippen molar-refractivity contribution < 1.29 is 9.53 Å². The van der Waals surface area contributed by atoms with Crippen LogP contribution in [0, 0.1) is 0 Å². The zero-order valence-electron chi connectivity index (χ0n) is 15.9. The molecule has 2 aromatic heterocycles. The number of carbonyl (C=O) groups is 1. The van der Waals surface area contributed by atoms with Crippen molar-refractivity contribution in [3.05, 3.63) is 70.6 Å². The molecule has 0 aliphatic carbocycles. The largest absolute Gasteiger partial charge is 0.497 e. The minimum atomic E-state index is -0.291. The zero-order chi connectivity index (χ0) is 19.8. The molecular weight excluding hydrogens is 356 g/mol. The number of carbonyl (C=O) groups excluding carboxylic acids is 1. The van der Waals surface area contributed by atoms with Gasteiger partial charge in [0, 0.05) is 25.3 Å². The van der Waals surface area contributed by atoms with Gasteiger partial charge in [0.15, 0.2) is 5.69 Å². The van der Waals surface area contributed by atoms with E-state index in [2.05, 4.69) is 5.10 Å². The van der Waals surface area contributed by atoms with Crippen molar-refractivity contribution in [1.29, 1.82) is 0 Å². The third kappa shape index (κ3) is 2.72. The molecule has 1 amide bonds. The Balaban J connectivity index is 1.83. The van der Waals surface area contributed by atoms with Gasteiger partial charge >= 0.3 is 0 Å². The van der Waals surface area contributed by atoms with Crippen LogP contribution >= 0.6 is 0 Å². The van der Waals surface area contributed by atoms with Gasteiger partial charge < -0.3 is 14.2 Å². The molecule has 0 fully saturated rings. The Bertz CT molecular complexity index is 1240. The molecule has 0 atom stereocenters. The van der Waals surface area contributed by atoms with E-state index in [0.29, 0.717) is 23.5 Å². The van der Waals surface area contributed by atoms with Crippen molar-refractivity contribution in [1.82, 2.24) is 14.2 Å². The summed E-state index contributed by atoms with van der Waals surface area (Å²) < 4.78 is 8.40. The van der Waals surface area contributed by atoms with E-state index in [1.54, 1.807) is 53.6 Å². The first-order valence-electron chi connectivity index (χ1n) is 8.98. The van der Waals surface area contributed by atoms with Crippen LogP contribution < -0.4 is 15.2 Å². The van der Waals surface area contributed by atoms with Gasteiger partial charge in [-0.15, -0.1) is 0 Å². The van der Waals surface area contributed by atoms with Crippen LogP contribution in [0.3, 0.4) is 0 Å². The van der Waals surface area contributed by atoms with Gasteiger partial charge in [-0.1, -0.05) is 12.1 Å². The van der Waals surface area contributed by atoms with Gasteiger partial charge in [-0.05, 0) is 43.3 Å². The summed E-state index contributed by atoms with van der Waals surface area (Å²) in [6.45, 7) is 2.46. The minimum Gasteiger partial charge on any atom is -0.497 e. The van der Waals surface area contributed by atoms with E-state index in [4.69, 9.17) is 4.74 Å². The van der Waals surface area contributed by atoms with Crippen LogP contribution in [-0.4, -0.2) is 34.2 Å². The average Bonchev–Trinajstić information content (AvgIpc) is 3.19. The molecule has 7 nitrogen and oxygen atoms in total. The Morgan fingerprint density at radius 3 is 2.39 bits per heavy atom. The molecule has 7 heteroatoms. The lowest BCUT2D eigenvalue weighted by molar-refractivity contribution is 0.0988. The number of benzene rings is 2. The minimum absolute atomic E-state index is 0.167. The van der Waals surface area contributed by atoms with E-state index >= 15 is 0 Å². The molecule has 4 aromatic rings. The van der Waals surface area contributed by atoms with Crippen LogP contribution in [-0.2, 0) is 6.54 Å². The van der Waals surface area contributed by atoms with Crippen molar-refractivity contribution in [2.75, 3.05) is 19.1 Å². The molecular formula is C21H20N4O3. The summed E-state index contributed by atoms with van der Waals surface area (Å²) in [4.78, 5) is 27.4. The Labute approximate surface area is 161 Å². The number of rotatable bonds is 4. The van der Waals surface area contributed by atoms with Crippen LogP contribution in [0.2, 0.25) is 0 Å². The first-order chi connectivity index (χ1) is 13.5. The van der Waals surface area contributed by atoms with Crippen LogP contribution in [0.5, 0.6) is 5.75 Å². The molecule has 0 saturated carbocycles. The van der Waals surface area contributed by atoms with Gasteiger partial charge in [0.2, 0.25) is 0 Å². The second kappa shape index (κ2) is 6.84. The summed E-state index contributed by atoms with van der Waals surface area (Å²) in [5.41, 5.74) is 2.71. The number of aromatic nitrogens is 3. The highest BCUT2D eigenvalue weighted by molar-refractivity contribution is 6.05. The monoisotopic (exact) mass is 376 g/mol. The van der Waals surface area contributed by atoms with E-state index in [9.17, 15) is 9.59 Å². The number of anilines is 1. The highest BCUT2D eigenvalue weighted by atomic mass is 16.5. The van der Waals surface area contributed by atoms with Crippen molar-refractivity contribution >= 4 is 28.1 Å². The summed E-state index contributed by atoms with van der Waals surface area (Å²) in [6.07, 6.45) is 0. The molecule has 0 unspecified atom stereocenters. The maximum absolute atomic E-state index is 13.0. The first-order valence-corrected chi connectivity index (χ1v) is 8.98. The molecule has 4 rings (SSSR count). The predicted molar refractivity (Wildman–Crippen MR) is 108 cm³/mol. The Morgan fingerprint density at radius 2 is 1.75 bits per heavy atom. The molecule has 0 N–H and O–H groups in total. The standard InChI is InChI=1S/C21H20N4O3/c1-4-24-17-7-5-6-8-18(17)25-19(21(24)27)13-16(22-25)20(26)23(2)14-9-11-15(28-3)12-10-14/h5-13H,4H2,1-3H3. The van der Waals surface area contributed by atoms with Crippen molar-refractivity contribution in [3.8, 4) is 5.75 Å². The first kappa shape index (κ1) is 17.8. The van der Waals surface area contributed by atoms with Crippen molar-refractivity contribution in [2.24, 2.45) is 0 Å². The average molecular weight is 376 g/mol. The molecule has 28 heavy (non-hydrogen) atoms. The number of para-hydroxylation sites is 2. The highest BCUT2D eigenvalue weighted by Crippen LogP contribution is 2.21. The van der Waals surface area contributed by atoms with Crippen LogP contribution in [0.1, 0.15) is 17.4 Å². The highest BCUT2D eigenvalue weighted by Gasteiger charge is 2.20. The lowest BCUT2D eigenvalue weighted by atomic mass is 10.2. The molecule has 2 heterocycles. The molecule has 0 radical (unpaired) electrons. The third-order valence-corrected chi connectivity index (χ3v) is 4.87. The number of nitrogens with zero attached hydrogens (tertiary/aromatic N) is 4. The molecule has 0 spiro atoms. The topological polar surface area (TPSA) is 68.8 Å². The van der Waals surface area contributed by atoms with E-state index in [0.717, 1.165) is 11.0 Å². The van der Waals surface area contributed by atoms with Crippen LogP contribution in [0.4, 0.5) is 5.69 Å². The zero-order valence-corrected chi connectivity index (χ0v) is 15.9. The van der Waals surface area contributed by atoms with Gasteiger partial charge in [-0.2, -0.15) is 5.10 Å². The third-order valence-electron chi connectivity index (χ3n) is 4.87. The number of methoxy groups -OCH3 is 1. The summed E-state index contributed by atoms with van der Waals surface area (Å²) >= 11 is 0. The fourth-order valence-electron chi connectivity index (χ4n) is 3.35. The Hall–Kier alpha value is -3.61. The fraction of sp³-hybridized carbons (Fsp3) is 0.190. The lowest BCUT2D eigenvalue weighted by Crippen LogP contribution is -2.26. The molecule has 2 aromatic carbocycles. The SMILES string of the molecule is CCn1c(=O)c2cc(C(=O)N(C)c3ccc(OC)cc3)nn2c2ccccc21. The fourth-order valence-corrected chi connectivity index (χ4v) is 3.35. The number of hydrogen-bond donors (Lipinski definition) is 0. The number of ether oxygens (including phenoxy) is 1. The van der Waals surface area contributed by atoms with Gasteiger partial charge in [0.1, 0.15) is 11.3 Å². The summed E-state index contributed by atoms with van der Waals surface area (Å²) in [6, 6.07) is 16.3. The molecule has 0 saturated heterocycles. The second-order valence-electron chi connectivity index (χ2n) is 6.43. The van der Waals surface area contributed by atoms with E-state index < -0.39 is 0 Å². The van der Waals surface area contributed by atoms with Crippen LogP contribution in [0.15, 0.2) is 59.4 Å². The van der Waals surface area contributed by atoms with Crippen LogP contribution in [0.25, 0.3) is 16.6 Å². The number of aryl methyl sites for hydroxylation is 1. The van der Waals surface area contributed by atoms with Gasteiger partial charge in [0.05, 0.1) is 18.1 Å². The van der Waals surface area contributed by atoms with E-state index in [1.165, 1.54) is 4.90 Å². The molecule has 0 bridgehead atoms. The maximum Gasteiger partial charge on any atom is 0.278 e. The van der Waals surface area contributed by atoms with E-state index in [-0.39, 0.29) is 17.2 Å². The van der Waals surface area contributed by atoms with Gasteiger partial charge in [-0.25, -0.2) is 4.52 Å². The Morgan fingerprint density at radius 1 is 1.07 bits per heavy atom. The van der Waals surface area contributed by atoms with Gasteiger partial charge in [0.25, 0.3) is 11.5 Å². The normalized spacial score (nSPS) is 11.1. The lowest BCUT2D eigenvalue weighted by Gasteiger charge is -2.16. The molecule has 0 aliphatic rings. The summed E-state index contributed by atoms with van der Waals surface area (Å²) in [5.74, 6) is 0.421. The summed E-state index contributed by atoms with van der Waals surface area (Å²) in [7, 11) is 3.27. The van der Waals surface area contributed by atoms with Crippen molar-refractivity contribution in [2.45, 2.75) is 13.5 Å². The molecule has 142 valence electrons. The number of fused-ring (bicyclic) bond motifs is 3. The summed E-state index contributed by atoms with van der Waals surface area (Å²) in [5, 5.41) is 4.44. The quantitative estimate of drug-likeness (QED) is 0.549. The van der Waals surface area contributed by atoms with Crippen molar-refractivity contribution in [3.63, 3.8) is 0 Å². The number of amides is 1. The Kier molecular flexibility index (Phi) is 4.35.